The second-order valence-corrected chi connectivity index (χ2v) is 4.80. The summed E-state index contributed by atoms with van der Waals surface area (Å²) >= 11 is 0. The zero-order valence-electron chi connectivity index (χ0n) is 11.2. The number of nitrogens with zero attached hydrogens (tertiary/aromatic N) is 2. The summed E-state index contributed by atoms with van der Waals surface area (Å²) in [5.41, 5.74) is 3.39. The smallest absolute Gasteiger partial charge is 0.221 e. The third kappa shape index (κ3) is 2.30. The molecule has 100 valence electrons. The highest BCUT2D eigenvalue weighted by Crippen LogP contribution is 2.21. The minimum atomic E-state index is 0.566. The van der Waals surface area contributed by atoms with E-state index in [-0.39, 0.29) is 0 Å². The summed E-state index contributed by atoms with van der Waals surface area (Å²) < 4.78 is 5.74. The van der Waals surface area contributed by atoms with Crippen LogP contribution in [0, 0.1) is 0 Å². The van der Waals surface area contributed by atoms with Crippen molar-refractivity contribution in [1.82, 2.24) is 9.97 Å². The first kappa shape index (κ1) is 11.9. The standard InChI is InChI=1S/C18H12N2O/c1-2-6-13(7-3-1)10-11-17-20-18-16(21-17)12-14-8-4-5-9-15(14)19-18/h1-12H. The normalized spacial score (nSPS) is 11.6. The van der Waals surface area contributed by atoms with Crippen LogP contribution in [0.15, 0.2) is 65.1 Å². The van der Waals surface area contributed by atoms with Crippen molar-refractivity contribution in [2.75, 3.05) is 0 Å². The zero-order valence-corrected chi connectivity index (χ0v) is 11.2. The third-order valence-electron chi connectivity index (χ3n) is 3.32. The fourth-order valence-corrected chi connectivity index (χ4v) is 2.28. The van der Waals surface area contributed by atoms with Gasteiger partial charge in [-0.25, -0.2) is 4.98 Å². The van der Waals surface area contributed by atoms with E-state index in [0.29, 0.717) is 17.1 Å². The summed E-state index contributed by atoms with van der Waals surface area (Å²) in [6.45, 7) is 0. The molecule has 0 fully saturated rings. The van der Waals surface area contributed by atoms with Crippen LogP contribution in [0.3, 0.4) is 0 Å². The first-order valence-corrected chi connectivity index (χ1v) is 6.78. The molecule has 0 N–H and O–H groups in total. The molecule has 0 unspecified atom stereocenters. The summed E-state index contributed by atoms with van der Waals surface area (Å²) in [6.07, 6.45) is 3.84. The fourth-order valence-electron chi connectivity index (χ4n) is 2.28. The van der Waals surface area contributed by atoms with E-state index >= 15 is 0 Å². The van der Waals surface area contributed by atoms with Crippen molar-refractivity contribution in [1.29, 1.82) is 0 Å². The second kappa shape index (κ2) is 4.87. The van der Waals surface area contributed by atoms with E-state index in [9.17, 15) is 0 Å². The minimum absolute atomic E-state index is 0.566. The van der Waals surface area contributed by atoms with Crippen molar-refractivity contribution in [3.05, 3.63) is 72.1 Å². The summed E-state index contributed by atoms with van der Waals surface area (Å²) in [5.74, 6) is 0.566. The lowest BCUT2D eigenvalue weighted by Gasteiger charge is -1.93. The van der Waals surface area contributed by atoms with Crippen LogP contribution in [0.2, 0.25) is 0 Å². The molecule has 2 aromatic carbocycles. The monoisotopic (exact) mass is 272 g/mol. The predicted octanol–water partition coefficient (Wildman–Crippen LogP) is 4.55. The van der Waals surface area contributed by atoms with E-state index in [2.05, 4.69) is 9.97 Å². The second-order valence-electron chi connectivity index (χ2n) is 4.80. The van der Waals surface area contributed by atoms with E-state index < -0.39 is 0 Å². The van der Waals surface area contributed by atoms with Crippen LogP contribution in [0.5, 0.6) is 0 Å². The predicted molar refractivity (Wildman–Crippen MR) is 84.7 cm³/mol. The van der Waals surface area contributed by atoms with Gasteiger partial charge in [-0.05, 0) is 23.8 Å². The van der Waals surface area contributed by atoms with Crippen LogP contribution in [0.1, 0.15) is 11.5 Å². The molecule has 0 aliphatic carbocycles. The molecule has 2 heterocycles. The van der Waals surface area contributed by atoms with Gasteiger partial charge in [0.1, 0.15) is 0 Å². The SMILES string of the molecule is C(=Cc1nc2nc3ccccc3cc2o1)c1ccccc1. The van der Waals surface area contributed by atoms with E-state index in [1.54, 1.807) is 0 Å². The molecule has 0 amide bonds. The van der Waals surface area contributed by atoms with Crippen molar-refractivity contribution < 1.29 is 4.42 Å². The number of fused-ring (bicyclic) bond motifs is 2. The van der Waals surface area contributed by atoms with Crippen LogP contribution < -0.4 is 0 Å². The zero-order chi connectivity index (χ0) is 14.1. The Kier molecular flexibility index (Phi) is 2.75. The highest BCUT2D eigenvalue weighted by atomic mass is 16.3. The molecule has 4 aromatic rings. The van der Waals surface area contributed by atoms with Gasteiger partial charge in [0.2, 0.25) is 5.89 Å². The lowest BCUT2D eigenvalue weighted by molar-refractivity contribution is 0.590. The maximum Gasteiger partial charge on any atom is 0.221 e. The number of aromatic nitrogens is 2. The number of pyridine rings is 1. The highest BCUT2D eigenvalue weighted by Gasteiger charge is 2.06. The highest BCUT2D eigenvalue weighted by molar-refractivity contribution is 5.88. The first-order chi connectivity index (χ1) is 10.4. The van der Waals surface area contributed by atoms with Crippen LogP contribution in [-0.2, 0) is 0 Å². The van der Waals surface area contributed by atoms with Crippen LogP contribution in [-0.4, -0.2) is 9.97 Å². The van der Waals surface area contributed by atoms with E-state index in [1.165, 1.54) is 0 Å². The van der Waals surface area contributed by atoms with Crippen LogP contribution >= 0.6 is 0 Å². The minimum Gasteiger partial charge on any atom is -0.435 e. The van der Waals surface area contributed by atoms with Gasteiger partial charge in [0.05, 0.1) is 5.52 Å². The summed E-state index contributed by atoms with van der Waals surface area (Å²) in [6, 6.07) is 20.0. The van der Waals surface area contributed by atoms with Gasteiger partial charge in [-0.1, -0.05) is 48.5 Å². The molecule has 0 aliphatic rings. The Bertz CT molecular complexity index is 887. The van der Waals surface area contributed by atoms with E-state index in [4.69, 9.17) is 4.42 Å². The Morgan fingerprint density at radius 2 is 1.62 bits per heavy atom. The molecular weight excluding hydrogens is 260 g/mol. The van der Waals surface area contributed by atoms with Crippen molar-refractivity contribution in [2.24, 2.45) is 0 Å². The van der Waals surface area contributed by atoms with Gasteiger partial charge in [-0.3, -0.25) is 0 Å². The Hall–Kier alpha value is -2.94. The lowest BCUT2D eigenvalue weighted by atomic mass is 10.2. The summed E-state index contributed by atoms with van der Waals surface area (Å²) in [5, 5.41) is 1.06. The average molecular weight is 272 g/mol. The average Bonchev–Trinajstić information content (AvgIpc) is 2.93. The maximum absolute atomic E-state index is 5.74. The number of rotatable bonds is 2. The number of oxazole rings is 1. The quantitative estimate of drug-likeness (QED) is 0.537. The molecule has 4 rings (SSSR count). The fraction of sp³-hybridized carbons (Fsp3) is 0. The van der Waals surface area contributed by atoms with E-state index in [1.807, 2.05) is 72.8 Å². The lowest BCUT2D eigenvalue weighted by Crippen LogP contribution is -1.79. The van der Waals surface area contributed by atoms with Crippen molar-refractivity contribution in [3.63, 3.8) is 0 Å². The molecule has 3 heteroatoms. The van der Waals surface area contributed by atoms with Crippen molar-refractivity contribution in [3.8, 4) is 0 Å². The molecule has 0 spiro atoms. The molecule has 0 aliphatic heterocycles. The number of para-hydroxylation sites is 1. The van der Waals surface area contributed by atoms with Crippen molar-refractivity contribution >= 4 is 34.3 Å². The summed E-state index contributed by atoms with van der Waals surface area (Å²) in [7, 11) is 0. The van der Waals surface area contributed by atoms with Crippen LogP contribution in [0.25, 0.3) is 34.3 Å². The Morgan fingerprint density at radius 3 is 2.52 bits per heavy atom. The van der Waals surface area contributed by atoms with Gasteiger partial charge in [0.15, 0.2) is 11.2 Å². The molecule has 0 atom stereocenters. The number of hydrogen-bond donors (Lipinski definition) is 0. The first-order valence-electron chi connectivity index (χ1n) is 6.78. The largest absolute Gasteiger partial charge is 0.435 e. The van der Waals surface area contributed by atoms with Gasteiger partial charge >= 0.3 is 0 Å². The van der Waals surface area contributed by atoms with Gasteiger partial charge in [0.25, 0.3) is 0 Å². The molecular formula is C18H12N2O. The van der Waals surface area contributed by atoms with Crippen molar-refractivity contribution in [2.45, 2.75) is 0 Å². The molecule has 21 heavy (non-hydrogen) atoms. The third-order valence-corrected chi connectivity index (χ3v) is 3.32. The maximum atomic E-state index is 5.74. The molecule has 0 bridgehead atoms. The number of benzene rings is 2. The molecule has 3 nitrogen and oxygen atoms in total. The van der Waals surface area contributed by atoms with Gasteiger partial charge in [0, 0.05) is 11.5 Å². The molecule has 0 saturated heterocycles. The Labute approximate surface area is 121 Å². The Balaban J connectivity index is 1.76. The molecule has 0 saturated carbocycles. The topological polar surface area (TPSA) is 38.9 Å². The molecule has 0 radical (unpaired) electrons. The van der Waals surface area contributed by atoms with Crippen LogP contribution in [0.4, 0.5) is 0 Å². The van der Waals surface area contributed by atoms with Gasteiger partial charge in [-0.2, -0.15) is 4.98 Å². The van der Waals surface area contributed by atoms with Gasteiger partial charge in [-0.15, -0.1) is 0 Å². The van der Waals surface area contributed by atoms with Gasteiger partial charge < -0.3 is 4.42 Å². The number of hydrogen-bond acceptors (Lipinski definition) is 3. The Morgan fingerprint density at radius 1 is 0.810 bits per heavy atom. The summed E-state index contributed by atoms with van der Waals surface area (Å²) in [4.78, 5) is 8.93. The van der Waals surface area contributed by atoms with E-state index in [0.717, 1.165) is 16.5 Å². The molecule has 2 aromatic heterocycles.